The fraction of sp³-hybridized carbons (Fsp3) is 0.389. The van der Waals surface area contributed by atoms with E-state index >= 15 is 0 Å². The highest BCUT2D eigenvalue weighted by Gasteiger charge is 2.40. The Balaban J connectivity index is 1.85. The Morgan fingerprint density at radius 1 is 1.32 bits per heavy atom. The molecular weight excluding hydrogens is 356 g/mol. The summed E-state index contributed by atoms with van der Waals surface area (Å²) in [6, 6.07) is 8.54. The van der Waals surface area contributed by atoms with E-state index in [0.29, 0.717) is 19.4 Å². The van der Waals surface area contributed by atoms with E-state index in [1.165, 1.54) is 15.6 Å². The van der Waals surface area contributed by atoms with Gasteiger partial charge in [0.2, 0.25) is 5.91 Å². The predicted octanol–water partition coefficient (Wildman–Crippen LogP) is 3.41. The lowest BCUT2D eigenvalue weighted by molar-refractivity contribution is -0.119. The van der Waals surface area contributed by atoms with Crippen molar-refractivity contribution in [3.63, 3.8) is 0 Å². The Morgan fingerprint density at radius 3 is 2.80 bits per heavy atom. The number of anilines is 1. The molecule has 5 nitrogen and oxygen atoms in total. The molecule has 1 fully saturated rings. The summed E-state index contributed by atoms with van der Waals surface area (Å²) in [5, 5.41) is 4.71. The second kappa shape index (κ2) is 7.27. The monoisotopic (exact) mass is 378 g/mol. The van der Waals surface area contributed by atoms with Gasteiger partial charge in [-0.1, -0.05) is 31.2 Å². The van der Waals surface area contributed by atoms with Gasteiger partial charge in [0.15, 0.2) is 0 Å². The van der Waals surface area contributed by atoms with Crippen LogP contribution in [0.3, 0.4) is 0 Å². The van der Waals surface area contributed by atoms with Crippen LogP contribution in [0.5, 0.6) is 0 Å². The van der Waals surface area contributed by atoms with E-state index in [0.717, 1.165) is 23.2 Å². The van der Waals surface area contributed by atoms with Gasteiger partial charge in [-0.3, -0.25) is 4.79 Å². The molecule has 0 spiro atoms. The first kappa shape index (κ1) is 18.1. The number of sulfonamides is 1. The van der Waals surface area contributed by atoms with E-state index in [1.54, 1.807) is 17.5 Å². The summed E-state index contributed by atoms with van der Waals surface area (Å²) in [5.74, 6) is -0.248. The van der Waals surface area contributed by atoms with E-state index in [2.05, 4.69) is 5.32 Å². The van der Waals surface area contributed by atoms with Crippen LogP contribution in [0.25, 0.3) is 0 Å². The molecule has 7 heteroatoms. The summed E-state index contributed by atoms with van der Waals surface area (Å²) in [5.41, 5.74) is 2.84. The van der Waals surface area contributed by atoms with Crippen LogP contribution >= 0.6 is 11.3 Å². The summed E-state index contributed by atoms with van der Waals surface area (Å²) < 4.78 is 27.3. The lowest BCUT2D eigenvalue weighted by Crippen LogP contribution is -2.43. The van der Waals surface area contributed by atoms with E-state index in [9.17, 15) is 13.2 Å². The fourth-order valence-corrected chi connectivity index (χ4v) is 6.00. The number of amides is 1. The number of rotatable bonds is 5. The second-order valence-corrected chi connectivity index (χ2v) is 9.22. The van der Waals surface area contributed by atoms with Crippen LogP contribution in [0.2, 0.25) is 0 Å². The molecule has 1 aliphatic rings. The molecule has 2 heterocycles. The van der Waals surface area contributed by atoms with Gasteiger partial charge >= 0.3 is 0 Å². The Bertz CT molecular complexity index is 860. The largest absolute Gasteiger partial charge is 0.324 e. The van der Waals surface area contributed by atoms with Gasteiger partial charge < -0.3 is 5.32 Å². The van der Waals surface area contributed by atoms with E-state index in [1.807, 2.05) is 32.0 Å². The molecule has 0 radical (unpaired) electrons. The molecule has 1 amide bonds. The molecule has 1 atom stereocenters. The van der Waals surface area contributed by atoms with Crippen LogP contribution in [-0.2, 0) is 21.2 Å². The second-order valence-electron chi connectivity index (χ2n) is 6.16. The van der Waals surface area contributed by atoms with Gasteiger partial charge in [-0.25, -0.2) is 8.42 Å². The van der Waals surface area contributed by atoms with Crippen molar-refractivity contribution in [3.8, 4) is 0 Å². The molecule has 1 aliphatic heterocycles. The summed E-state index contributed by atoms with van der Waals surface area (Å²) in [4.78, 5) is 12.8. The minimum Gasteiger partial charge on any atom is -0.324 e. The Labute approximate surface area is 152 Å². The SMILES string of the molecule is CCc1cccc(C)c1NC(=O)C1CCCN1S(=O)(=O)c1cccs1. The average Bonchev–Trinajstić information content (AvgIpc) is 3.28. The van der Waals surface area contributed by atoms with Crippen molar-refractivity contribution in [2.75, 3.05) is 11.9 Å². The maximum atomic E-state index is 12.8. The zero-order chi connectivity index (χ0) is 18.0. The van der Waals surface area contributed by atoms with Crippen molar-refractivity contribution < 1.29 is 13.2 Å². The normalized spacial score (nSPS) is 18.4. The first-order valence-corrected chi connectivity index (χ1v) is 10.7. The number of thiophene rings is 1. The van der Waals surface area contributed by atoms with Crippen molar-refractivity contribution in [2.45, 2.75) is 43.4 Å². The molecule has 1 aromatic heterocycles. The summed E-state index contributed by atoms with van der Waals surface area (Å²) in [6.45, 7) is 4.36. The molecule has 134 valence electrons. The maximum absolute atomic E-state index is 12.8. The van der Waals surface area contributed by atoms with Crippen molar-refractivity contribution >= 4 is 33.0 Å². The van der Waals surface area contributed by atoms with Crippen LogP contribution in [0.1, 0.15) is 30.9 Å². The molecule has 1 unspecified atom stereocenters. The number of carbonyl (C=O) groups is 1. The molecule has 0 saturated carbocycles. The van der Waals surface area contributed by atoms with E-state index < -0.39 is 16.1 Å². The van der Waals surface area contributed by atoms with Gasteiger partial charge in [0, 0.05) is 12.2 Å². The van der Waals surface area contributed by atoms with Crippen LogP contribution < -0.4 is 5.32 Å². The Morgan fingerprint density at radius 2 is 2.12 bits per heavy atom. The molecule has 0 aliphatic carbocycles. The zero-order valence-electron chi connectivity index (χ0n) is 14.4. The minimum absolute atomic E-state index is 0.248. The highest BCUT2D eigenvalue weighted by molar-refractivity contribution is 7.91. The standard InChI is InChI=1S/C18H22N2O3S2/c1-3-14-8-4-7-13(2)17(14)19-18(21)15-9-5-11-20(15)25(22,23)16-10-6-12-24-16/h4,6-8,10,12,15H,3,5,9,11H2,1-2H3,(H,19,21). The molecular formula is C18H22N2O3S2. The number of nitrogens with one attached hydrogen (secondary N) is 1. The molecule has 1 aromatic carbocycles. The number of hydrogen-bond acceptors (Lipinski definition) is 4. The Hall–Kier alpha value is -1.70. The smallest absolute Gasteiger partial charge is 0.253 e. The molecule has 1 N–H and O–H groups in total. The van der Waals surface area contributed by atoms with Gasteiger partial charge in [0.25, 0.3) is 10.0 Å². The number of benzene rings is 1. The van der Waals surface area contributed by atoms with Crippen molar-refractivity contribution in [3.05, 3.63) is 46.8 Å². The summed E-state index contributed by atoms with van der Waals surface area (Å²) in [7, 11) is -3.62. The number of nitrogens with zero attached hydrogens (tertiary/aromatic N) is 1. The van der Waals surface area contributed by atoms with Gasteiger partial charge in [-0.05, 0) is 48.8 Å². The molecule has 1 saturated heterocycles. The van der Waals surface area contributed by atoms with Gasteiger partial charge in [0.05, 0.1) is 0 Å². The van der Waals surface area contributed by atoms with E-state index in [4.69, 9.17) is 0 Å². The number of aryl methyl sites for hydroxylation is 2. The van der Waals surface area contributed by atoms with Crippen LogP contribution in [0.15, 0.2) is 39.9 Å². The number of hydrogen-bond donors (Lipinski definition) is 1. The maximum Gasteiger partial charge on any atom is 0.253 e. The van der Waals surface area contributed by atoms with Crippen molar-refractivity contribution in [1.82, 2.24) is 4.31 Å². The highest BCUT2D eigenvalue weighted by atomic mass is 32.2. The highest BCUT2D eigenvalue weighted by Crippen LogP contribution is 2.30. The number of carbonyl (C=O) groups excluding carboxylic acids is 1. The van der Waals surface area contributed by atoms with Crippen LogP contribution in [0.4, 0.5) is 5.69 Å². The van der Waals surface area contributed by atoms with Crippen LogP contribution in [0, 0.1) is 6.92 Å². The lowest BCUT2D eigenvalue weighted by Gasteiger charge is -2.23. The van der Waals surface area contributed by atoms with Crippen molar-refractivity contribution in [2.24, 2.45) is 0 Å². The third-order valence-corrected chi connectivity index (χ3v) is 7.83. The van der Waals surface area contributed by atoms with Gasteiger partial charge in [-0.15, -0.1) is 11.3 Å². The predicted molar refractivity (Wildman–Crippen MR) is 100 cm³/mol. The molecule has 0 bridgehead atoms. The van der Waals surface area contributed by atoms with Gasteiger partial charge in [-0.2, -0.15) is 4.31 Å². The van der Waals surface area contributed by atoms with Crippen molar-refractivity contribution in [1.29, 1.82) is 0 Å². The molecule has 25 heavy (non-hydrogen) atoms. The quantitative estimate of drug-likeness (QED) is 0.867. The topological polar surface area (TPSA) is 66.5 Å². The zero-order valence-corrected chi connectivity index (χ0v) is 16.0. The average molecular weight is 379 g/mol. The lowest BCUT2D eigenvalue weighted by atomic mass is 10.1. The minimum atomic E-state index is -3.62. The van der Waals surface area contributed by atoms with Crippen LogP contribution in [-0.4, -0.2) is 31.2 Å². The summed E-state index contributed by atoms with van der Waals surface area (Å²) >= 11 is 1.18. The number of para-hydroxylation sites is 1. The Kier molecular flexibility index (Phi) is 5.27. The molecule has 3 rings (SSSR count). The first-order chi connectivity index (χ1) is 11.9. The summed E-state index contributed by atoms with van der Waals surface area (Å²) in [6.07, 6.45) is 2.04. The van der Waals surface area contributed by atoms with E-state index in [-0.39, 0.29) is 10.1 Å². The third kappa shape index (κ3) is 3.49. The fourth-order valence-electron chi connectivity index (χ4n) is 3.22. The first-order valence-electron chi connectivity index (χ1n) is 8.40. The third-order valence-electron chi connectivity index (χ3n) is 4.55. The van der Waals surface area contributed by atoms with Gasteiger partial charge in [0.1, 0.15) is 10.3 Å². The molecule has 2 aromatic rings.